The molecule has 1 aliphatic carbocycles. The van der Waals surface area contributed by atoms with Crippen molar-refractivity contribution in [2.24, 2.45) is 7.05 Å². The number of halogens is 2. The summed E-state index contributed by atoms with van der Waals surface area (Å²) in [5.41, 5.74) is 4.63. The number of hydrogen-bond donors (Lipinski definition) is 1. The summed E-state index contributed by atoms with van der Waals surface area (Å²) >= 11 is 12.8. The molecular weight excluding hydrogens is 395 g/mol. The van der Waals surface area contributed by atoms with Gasteiger partial charge in [0, 0.05) is 17.6 Å². The number of aliphatic hydroxyl groups excluding tert-OH is 1. The molecule has 1 aromatic heterocycles. The molecule has 28 heavy (non-hydrogen) atoms. The number of ether oxygens (including phenoxy) is 1. The second kappa shape index (κ2) is 8.16. The monoisotopic (exact) mass is 416 g/mol. The van der Waals surface area contributed by atoms with E-state index in [-0.39, 0.29) is 0 Å². The van der Waals surface area contributed by atoms with Gasteiger partial charge in [-0.25, -0.2) is 0 Å². The van der Waals surface area contributed by atoms with Crippen molar-refractivity contribution < 1.29 is 9.84 Å². The third kappa shape index (κ3) is 3.77. The Balaban J connectivity index is 1.65. The van der Waals surface area contributed by atoms with E-state index in [1.54, 1.807) is 16.8 Å². The Morgan fingerprint density at radius 1 is 1.11 bits per heavy atom. The SMILES string of the molecule is Cn1nc2c(c1C(O)c1cc(OCc3ccccc3)c(Cl)cc1Cl)CCCC2. The average Bonchev–Trinajstić information content (AvgIpc) is 3.03. The van der Waals surface area contributed by atoms with Crippen LogP contribution in [0.2, 0.25) is 10.0 Å². The minimum atomic E-state index is -0.886. The van der Waals surface area contributed by atoms with Crippen molar-refractivity contribution in [1.82, 2.24) is 9.78 Å². The molecule has 0 saturated carbocycles. The molecule has 1 atom stereocenters. The number of hydrogen-bond acceptors (Lipinski definition) is 3. The third-order valence-electron chi connectivity index (χ3n) is 5.21. The molecule has 4 rings (SSSR count). The van der Waals surface area contributed by atoms with E-state index in [0.717, 1.165) is 48.2 Å². The van der Waals surface area contributed by atoms with Crippen molar-refractivity contribution in [2.45, 2.75) is 38.4 Å². The Labute approximate surface area is 174 Å². The highest BCUT2D eigenvalue weighted by atomic mass is 35.5. The van der Waals surface area contributed by atoms with Gasteiger partial charge >= 0.3 is 0 Å². The van der Waals surface area contributed by atoms with Crippen molar-refractivity contribution in [3.63, 3.8) is 0 Å². The number of aliphatic hydroxyl groups is 1. The van der Waals surface area contributed by atoms with Crippen LogP contribution in [0.5, 0.6) is 5.75 Å². The van der Waals surface area contributed by atoms with E-state index >= 15 is 0 Å². The van der Waals surface area contributed by atoms with E-state index in [2.05, 4.69) is 5.10 Å². The van der Waals surface area contributed by atoms with Gasteiger partial charge < -0.3 is 9.84 Å². The van der Waals surface area contributed by atoms with E-state index in [4.69, 9.17) is 27.9 Å². The second-order valence-electron chi connectivity index (χ2n) is 7.12. The number of fused-ring (bicyclic) bond motifs is 1. The number of aryl methyl sites for hydroxylation is 2. The van der Waals surface area contributed by atoms with Gasteiger partial charge in [-0.05, 0) is 48.9 Å². The molecule has 1 N–H and O–H groups in total. The predicted molar refractivity (Wildman–Crippen MR) is 111 cm³/mol. The minimum Gasteiger partial charge on any atom is -0.487 e. The number of rotatable bonds is 5. The maximum absolute atomic E-state index is 11.2. The highest BCUT2D eigenvalue weighted by molar-refractivity contribution is 6.36. The Bertz CT molecular complexity index is 986. The molecule has 1 heterocycles. The number of benzene rings is 2. The molecular formula is C22H22Cl2N2O2. The Hall–Kier alpha value is -2.01. The first-order valence-corrected chi connectivity index (χ1v) is 10.2. The number of aromatic nitrogens is 2. The lowest BCUT2D eigenvalue weighted by Gasteiger charge is -2.19. The zero-order valence-electron chi connectivity index (χ0n) is 15.7. The van der Waals surface area contributed by atoms with Crippen molar-refractivity contribution in [3.8, 4) is 5.75 Å². The normalized spacial score (nSPS) is 14.6. The quantitative estimate of drug-likeness (QED) is 0.616. The Morgan fingerprint density at radius 3 is 2.64 bits per heavy atom. The maximum atomic E-state index is 11.2. The van der Waals surface area contributed by atoms with Gasteiger partial charge in [0.25, 0.3) is 0 Å². The molecule has 0 saturated heterocycles. The lowest BCUT2D eigenvalue weighted by molar-refractivity contribution is 0.207. The first kappa shape index (κ1) is 19.3. The lowest BCUT2D eigenvalue weighted by Crippen LogP contribution is -2.11. The molecule has 4 nitrogen and oxygen atoms in total. The summed E-state index contributed by atoms with van der Waals surface area (Å²) < 4.78 is 7.68. The van der Waals surface area contributed by atoms with Crippen LogP contribution in [0.25, 0.3) is 0 Å². The van der Waals surface area contributed by atoms with E-state index in [1.807, 2.05) is 37.4 Å². The molecule has 1 aliphatic rings. The van der Waals surface area contributed by atoms with E-state index in [0.29, 0.717) is 28.0 Å². The number of nitrogens with zero attached hydrogens (tertiary/aromatic N) is 2. The summed E-state index contributed by atoms with van der Waals surface area (Å²) in [6, 6.07) is 13.2. The first-order chi connectivity index (χ1) is 13.5. The van der Waals surface area contributed by atoms with Crippen molar-refractivity contribution >= 4 is 23.2 Å². The largest absolute Gasteiger partial charge is 0.487 e. The van der Waals surface area contributed by atoms with E-state index in [9.17, 15) is 5.11 Å². The molecule has 1 unspecified atom stereocenters. The van der Waals surface area contributed by atoms with Crippen LogP contribution in [0.4, 0.5) is 0 Å². The van der Waals surface area contributed by atoms with Crippen LogP contribution in [-0.4, -0.2) is 14.9 Å². The Kier molecular flexibility index (Phi) is 5.63. The third-order valence-corrected chi connectivity index (χ3v) is 5.83. The van der Waals surface area contributed by atoms with Gasteiger partial charge in [0.1, 0.15) is 18.5 Å². The second-order valence-corrected chi connectivity index (χ2v) is 7.94. The molecule has 146 valence electrons. The van der Waals surface area contributed by atoms with Crippen molar-refractivity contribution in [3.05, 3.63) is 80.6 Å². The van der Waals surface area contributed by atoms with Crippen LogP contribution in [0.3, 0.4) is 0 Å². The molecule has 0 amide bonds. The Morgan fingerprint density at radius 2 is 1.86 bits per heavy atom. The summed E-state index contributed by atoms with van der Waals surface area (Å²) in [5, 5.41) is 16.6. The van der Waals surface area contributed by atoms with Gasteiger partial charge in [-0.15, -0.1) is 0 Å². The molecule has 2 aromatic carbocycles. The zero-order valence-corrected chi connectivity index (χ0v) is 17.2. The highest BCUT2D eigenvalue weighted by Crippen LogP contribution is 2.38. The lowest BCUT2D eigenvalue weighted by atomic mass is 9.92. The van der Waals surface area contributed by atoms with Gasteiger partial charge in [0.15, 0.2) is 0 Å². The molecule has 6 heteroatoms. The fourth-order valence-corrected chi connectivity index (χ4v) is 4.34. The first-order valence-electron chi connectivity index (χ1n) is 9.43. The van der Waals surface area contributed by atoms with Gasteiger partial charge in [-0.1, -0.05) is 53.5 Å². The van der Waals surface area contributed by atoms with Crippen molar-refractivity contribution in [2.75, 3.05) is 0 Å². The highest BCUT2D eigenvalue weighted by Gasteiger charge is 2.27. The van der Waals surface area contributed by atoms with Crippen LogP contribution >= 0.6 is 23.2 Å². The summed E-state index contributed by atoms with van der Waals surface area (Å²) in [6.07, 6.45) is 3.24. The standard InChI is InChI=1S/C22H22Cl2N2O2/c1-26-21(15-9-5-6-10-19(15)25-26)22(27)16-11-20(18(24)12-17(16)23)28-13-14-7-3-2-4-8-14/h2-4,7-8,11-12,22,27H,5-6,9-10,13H2,1H3. The van der Waals surface area contributed by atoms with Crippen LogP contribution in [0.15, 0.2) is 42.5 Å². The summed E-state index contributed by atoms with van der Waals surface area (Å²) in [6.45, 7) is 0.388. The van der Waals surface area contributed by atoms with Gasteiger partial charge in [-0.2, -0.15) is 5.10 Å². The molecule has 0 bridgehead atoms. The van der Waals surface area contributed by atoms with Crippen molar-refractivity contribution in [1.29, 1.82) is 0 Å². The van der Waals surface area contributed by atoms with E-state index in [1.165, 1.54) is 0 Å². The predicted octanol–water partition coefficient (Wildman–Crippen LogP) is 5.27. The maximum Gasteiger partial charge on any atom is 0.138 e. The molecule has 0 radical (unpaired) electrons. The van der Waals surface area contributed by atoms with Gasteiger partial charge in [0.2, 0.25) is 0 Å². The summed E-state index contributed by atoms with van der Waals surface area (Å²) in [4.78, 5) is 0. The topological polar surface area (TPSA) is 47.3 Å². The molecule has 3 aromatic rings. The zero-order chi connectivity index (χ0) is 19.7. The minimum absolute atomic E-state index is 0.388. The summed E-state index contributed by atoms with van der Waals surface area (Å²) in [7, 11) is 1.87. The average molecular weight is 417 g/mol. The molecule has 0 spiro atoms. The molecule has 0 aliphatic heterocycles. The summed E-state index contributed by atoms with van der Waals surface area (Å²) in [5.74, 6) is 0.500. The fraction of sp³-hybridized carbons (Fsp3) is 0.318. The van der Waals surface area contributed by atoms with Crippen LogP contribution in [-0.2, 0) is 26.5 Å². The van der Waals surface area contributed by atoms with Gasteiger partial charge in [0.05, 0.1) is 16.4 Å². The van der Waals surface area contributed by atoms with Crippen LogP contribution in [0.1, 0.15) is 47.0 Å². The molecule has 0 fully saturated rings. The van der Waals surface area contributed by atoms with E-state index < -0.39 is 6.10 Å². The van der Waals surface area contributed by atoms with Gasteiger partial charge in [-0.3, -0.25) is 4.68 Å². The van der Waals surface area contributed by atoms with Crippen LogP contribution < -0.4 is 4.74 Å². The fourth-order valence-electron chi connectivity index (χ4n) is 3.80. The van der Waals surface area contributed by atoms with Crippen LogP contribution in [0, 0.1) is 0 Å². The smallest absolute Gasteiger partial charge is 0.138 e.